The van der Waals surface area contributed by atoms with Gasteiger partial charge in [0.05, 0.1) is 4.90 Å². The standard InChI is InChI=1S/C22H30N2O3S/c1-7-14(2)18(6)24-28(26,27)21-13-12-20(16(4)17(21)5)23-22(25)19-11-9-8-10-15(19)3/h8-14,18,24H,7H2,1-6H3,(H,23,25). The van der Waals surface area contributed by atoms with Crippen LogP contribution in [0, 0.1) is 26.7 Å². The molecule has 0 aliphatic heterocycles. The summed E-state index contributed by atoms with van der Waals surface area (Å²) in [6, 6.07) is 10.4. The third kappa shape index (κ3) is 4.80. The molecule has 0 aromatic heterocycles. The number of amides is 1. The summed E-state index contributed by atoms with van der Waals surface area (Å²) in [6.45, 7) is 11.4. The molecule has 1 amide bonds. The molecule has 0 saturated carbocycles. The van der Waals surface area contributed by atoms with Crippen LogP contribution >= 0.6 is 0 Å². The molecule has 6 heteroatoms. The van der Waals surface area contributed by atoms with Gasteiger partial charge in [-0.3, -0.25) is 4.79 Å². The Hall–Kier alpha value is -2.18. The van der Waals surface area contributed by atoms with Gasteiger partial charge < -0.3 is 5.32 Å². The first-order valence-electron chi connectivity index (χ1n) is 9.58. The predicted octanol–water partition coefficient (Wildman–Crippen LogP) is 4.58. The Bertz CT molecular complexity index is 968. The van der Waals surface area contributed by atoms with Crippen LogP contribution in [-0.2, 0) is 10.0 Å². The molecule has 2 rings (SSSR count). The van der Waals surface area contributed by atoms with Gasteiger partial charge in [-0.15, -0.1) is 0 Å². The predicted molar refractivity (Wildman–Crippen MR) is 114 cm³/mol. The van der Waals surface area contributed by atoms with E-state index in [9.17, 15) is 13.2 Å². The van der Waals surface area contributed by atoms with E-state index in [4.69, 9.17) is 0 Å². The second-order valence-corrected chi connectivity index (χ2v) is 9.11. The van der Waals surface area contributed by atoms with E-state index in [1.807, 2.05) is 52.8 Å². The third-order valence-electron chi connectivity index (χ3n) is 5.50. The van der Waals surface area contributed by atoms with Gasteiger partial charge >= 0.3 is 0 Å². The summed E-state index contributed by atoms with van der Waals surface area (Å²) in [5, 5.41) is 2.90. The number of carbonyl (C=O) groups excluding carboxylic acids is 1. The van der Waals surface area contributed by atoms with Crippen LogP contribution in [0.3, 0.4) is 0 Å². The molecule has 152 valence electrons. The molecule has 0 aliphatic rings. The van der Waals surface area contributed by atoms with E-state index >= 15 is 0 Å². The molecule has 0 bridgehead atoms. The quantitative estimate of drug-likeness (QED) is 0.712. The summed E-state index contributed by atoms with van der Waals surface area (Å²) in [6.07, 6.45) is 0.894. The number of aryl methyl sites for hydroxylation is 1. The fourth-order valence-electron chi connectivity index (χ4n) is 3.02. The summed E-state index contributed by atoms with van der Waals surface area (Å²) >= 11 is 0. The molecule has 2 aromatic rings. The van der Waals surface area contributed by atoms with Crippen molar-refractivity contribution in [3.63, 3.8) is 0 Å². The highest BCUT2D eigenvalue weighted by molar-refractivity contribution is 7.89. The molecule has 0 heterocycles. The van der Waals surface area contributed by atoms with Gasteiger partial charge in [-0.1, -0.05) is 38.5 Å². The van der Waals surface area contributed by atoms with Crippen molar-refractivity contribution in [2.45, 2.75) is 58.9 Å². The topological polar surface area (TPSA) is 75.3 Å². The average Bonchev–Trinajstić information content (AvgIpc) is 2.64. The molecule has 28 heavy (non-hydrogen) atoms. The van der Waals surface area contributed by atoms with Gasteiger partial charge in [0.25, 0.3) is 5.91 Å². The molecule has 2 aromatic carbocycles. The fourth-order valence-corrected chi connectivity index (χ4v) is 4.67. The van der Waals surface area contributed by atoms with Crippen molar-refractivity contribution >= 4 is 21.6 Å². The number of benzene rings is 2. The minimum atomic E-state index is -3.63. The summed E-state index contributed by atoms with van der Waals surface area (Å²) in [5.41, 5.74) is 3.46. The first-order chi connectivity index (χ1) is 13.1. The van der Waals surface area contributed by atoms with Crippen LogP contribution in [0.1, 0.15) is 54.2 Å². The van der Waals surface area contributed by atoms with E-state index in [2.05, 4.69) is 10.0 Å². The van der Waals surface area contributed by atoms with Crippen molar-refractivity contribution < 1.29 is 13.2 Å². The zero-order chi connectivity index (χ0) is 21.1. The van der Waals surface area contributed by atoms with Crippen LogP contribution < -0.4 is 10.0 Å². The second kappa shape index (κ2) is 8.88. The van der Waals surface area contributed by atoms with Crippen molar-refractivity contribution in [1.82, 2.24) is 4.72 Å². The SMILES string of the molecule is CCC(C)C(C)NS(=O)(=O)c1ccc(NC(=O)c2ccccc2C)c(C)c1C. The van der Waals surface area contributed by atoms with Gasteiger partial charge in [0, 0.05) is 17.3 Å². The zero-order valence-electron chi connectivity index (χ0n) is 17.5. The van der Waals surface area contributed by atoms with Crippen molar-refractivity contribution in [2.24, 2.45) is 5.92 Å². The molecule has 0 spiro atoms. The van der Waals surface area contributed by atoms with Crippen molar-refractivity contribution in [3.8, 4) is 0 Å². The first kappa shape index (κ1) is 22.1. The zero-order valence-corrected chi connectivity index (χ0v) is 18.3. The van der Waals surface area contributed by atoms with Crippen LogP contribution in [0.4, 0.5) is 5.69 Å². The Morgan fingerprint density at radius 2 is 1.64 bits per heavy atom. The van der Waals surface area contributed by atoms with E-state index in [0.29, 0.717) is 16.8 Å². The van der Waals surface area contributed by atoms with E-state index in [1.54, 1.807) is 25.1 Å². The number of hydrogen-bond acceptors (Lipinski definition) is 3. The maximum absolute atomic E-state index is 12.8. The Morgan fingerprint density at radius 1 is 1.00 bits per heavy atom. The van der Waals surface area contributed by atoms with Gasteiger partial charge in [-0.25, -0.2) is 13.1 Å². The lowest BCUT2D eigenvalue weighted by atomic mass is 10.0. The number of carbonyl (C=O) groups is 1. The molecular weight excluding hydrogens is 372 g/mol. The van der Waals surface area contributed by atoms with E-state index in [0.717, 1.165) is 17.5 Å². The molecule has 0 saturated heterocycles. The minimum absolute atomic E-state index is 0.157. The molecule has 0 fully saturated rings. The van der Waals surface area contributed by atoms with Gasteiger partial charge in [0.2, 0.25) is 10.0 Å². The van der Waals surface area contributed by atoms with Gasteiger partial charge in [-0.2, -0.15) is 0 Å². The lowest BCUT2D eigenvalue weighted by Crippen LogP contribution is -2.37. The molecule has 5 nitrogen and oxygen atoms in total. The molecular formula is C22H30N2O3S. The van der Waals surface area contributed by atoms with Gasteiger partial charge in [0.1, 0.15) is 0 Å². The lowest BCUT2D eigenvalue weighted by Gasteiger charge is -2.21. The smallest absolute Gasteiger partial charge is 0.255 e. The van der Waals surface area contributed by atoms with Crippen molar-refractivity contribution in [2.75, 3.05) is 5.32 Å². The van der Waals surface area contributed by atoms with Crippen LogP contribution in [0.25, 0.3) is 0 Å². The van der Waals surface area contributed by atoms with Crippen LogP contribution in [-0.4, -0.2) is 20.4 Å². The highest BCUT2D eigenvalue weighted by Crippen LogP contribution is 2.26. The summed E-state index contributed by atoms with van der Waals surface area (Å²) < 4.78 is 28.4. The van der Waals surface area contributed by atoms with E-state index in [-0.39, 0.29) is 22.8 Å². The largest absolute Gasteiger partial charge is 0.322 e. The number of sulfonamides is 1. The molecule has 2 N–H and O–H groups in total. The average molecular weight is 403 g/mol. The fraction of sp³-hybridized carbons (Fsp3) is 0.409. The summed E-state index contributed by atoms with van der Waals surface area (Å²) in [4.78, 5) is 12.8. The summed E-state index contributed by atoms with van der Waals surface area (Å²) in [5.74, 6) is 0.0311. The Morgan fingerprint density at radius 3 is 2.25 bits per heavy atom. The Balaban J connectivity index is 2.30. The molecule has 0 radical (unpaired) electrons. The number of anilines is 1. The van der Waals surface area contributed by atoms with Gasteiger partial charge in [0.15, 0.2) is 0 Å². The van der Waals surface area contributed by atoms with Gasteiger partial charge in [-0.05, 0) is 68.5 Å². The summed E-state index contributed by atoms with van der Waals surface area (Å²) in [7, 11) is -3.63. The number of nitrogens with one attached hydrogen (secondary N) is 2. The normalized spacial score (nSPS) is 13.8. The van der Waals surface area contributed by atoms with Crippen molar-refractivity contribution in [3.05, 3.63) is 58.7 Å². The Kier molecular flexibility index (Phi) is 7.01. The minimum Gasteiger partial charge on any atom is -0.322 e. The molecule has 0 aliphatic carbocycles. The van der Waals surface area contributed by atoms with E-state index in [1.165, 1.54) is 0 Å². The third-order valence-corrected chi connectivity index (χ3v) is 7.21. The highest BCUT2D eigenvalue weighted by Gasteiger charge is 2.23. The monoisotopic (exact) mass is 402 g/mol. The number of hydrogen-bond donors (Lipinski definition) is 2. The maximum Gasteiger partial charge on any atom is 0.255 e. The first-order valence-corrected chi connectivity index (χ1v) is 11.1. The van der Waals surface area contributed by atoms with Crippen LogP contribution in [0.5, 0.6) is 0 Å². The van der Waals surface area contributed by atoms with Crippen LogP contribution in [0.15, 0.2) is 41.3 Å². The molecule has 2 atom stereocenters. The van der Waals surface area contributed by atoms with Crippen LogP contribution in [0.2, 0.25) is 0 Å². The van der Waals surface area contributed by atoms with E-state index < -0.39 is 10.0 Å². The van der Waals surface area contributed by atoms with Crippen molar-refractivity contribution in [1.29, 1.82) is 0 Å². The lowest BCUT2D eigenvalue weighted by molar-refractivity contribution is 0.102. The number of rotatable bonds is 7. The second-order valence-electron chi connectivity index (χ2n) is 7.43. The maximum atomic E-state index is 12.8. The Labute approximate surface area is 168 Å². The highest BCUT2D eigenvalue weighted by atomic mass is 32.2. The molecule has 2 unspecified atom stereocenters.